The Balaban J connectivity index is 1.25. The fourth-order valence-electron chi connectivity index (χ4n) is 6.89. The molecule has 0 aromatic rings. The summed E-state index contributed by atoms with van der Waals surface area (Å²) in [7, 11) is 0. The predicted octanol–water partition coefficient (Wildman–Crippen LogP) is 2.80. The van der Waals surface area contributed by atoms with Crippen LogP contribution in [0.5, 0.6) is 0 Å². The Morgan fingerprint density at radius 1 is 1.07 bits per heavy atom. The van der Waals surface area contributed by atoms with Crippen LogP contribution in [0.3, 0.4) is 0 Å². The summed E-state index contributed by atoms with van der Waals surface area (Å²) in [4.78, 5) is 36.9. The Morgan fingerprint density at radius 2 is 1.72 bits per heavy atom. The number of esters is 1. The van der Waals surface area contributed by atoms with Crippen LogP contribution in [0.4, 0.5) is 4.79 Å². The van der Waals surface area contributed by atoms with E-state index in [4.69, 9.17) is 4.74 Å². The lowest BCUT2D eigenvalue weighted by molar-refractivity contribution is -0.180. The monoisotopic (exact) mass is 406 g/mol. The minimum absolute atomic E-state index is 0.108. The number of hydrogen-bond acceptors (Lipinski definition) is 5. The molecular weight excluding hydrogens is 372 g/mol. The van der Waals surface area contributed by atoms with Gasteiger partial charge in [-0.2, -0.15) is 0 Å². The SMILES string of the molecule is C[C@H](OC(=O)CC12C[C@@H]3C[C@@H](CC(O)(C3)C1)C2)C(=O)NC(=O)NC1CCCCC1. The van der Waals surface area contributed by atoms with E-state index in [0.717, 1.165) is 57.8 Å². The second-order valence-corrected chi connectivity index (χ2v) is 10.3. The molecule has 29 heavy (non-hydrogen) atoms. The summed E-state index contributed by atoms with van der Waals surface area (Å²) in [5, 5.41) is 15.9. The first-order valence-corrected chi connectivity index (χ1v) is 11.3. The predicted molar refractivity (Wildman–Crippen MR) is 106 cm³/mol. The van der Waals surface area contributed by atoms with Gasteiger partial charge in [-0.15, -0.1) is 0 Å². The summed E-state index contributed by atoms with van der Waals surface area (Å²) in [6, 6.07) is -0.413. The zero-order valence-electron chi connectivity index (χ0n) is 17.4. The molecule has 5 atom stereocenters. The topological polar surface area (TPSA) is 105 Å². The Hall–Kier alpha value is -1.63. The third-order valence-corrected chi connectivity index (χ3v) is 7.53. The average Bonchev–Trinajstić information content (AvgIpc) is 2.59. The van der Waals surface area contributed by atoms with Crippen LogP contribution in [0.15, 0.2) is 0 Å². The Morgan fingerprint density at radius 3 is 2.34 bits per heavy atom. The van der Waals surface area contributed by atoms with Gasteiger partial charge in [-0.3, -0.25) is 14.9 Å². The van der Waals surface area contributed by atoms with E-state index in [1.165, 1.54) is 13.3 Å². The van der Waals surface area contributed by atoms with Crippen LogP contribution >= 0.6 is 0 Å². The minimum atomic E-state index is -1.02. The normalized spacial score (nSPS) is 37.0. The van der Waals surface area contributed by atoms with Gasteiger partial charge in [0.2, 0.25) is 0 Å². The van der Waals surface area contributed by atoms with E-state index in [0.29, 0.717) is 18.3 Å². The van der Waals surface area contributed by atoms with Crippen molar-refractivity contribution in [3.05, 3.63) is 0 Å². The van der Waals surface area contributed by atoms with Crippen LogP contribution in [0, 0.1) is 17.3 Å². The molecule has 0 aliphatic heterocycles. The molecule has 5 aliphatic carbocycles. The standard InChI is InChI=1S/C22H34N2O5/c1-14(19(26)24-20(27)23-17-5-3-2-4-6-17)29-18(25)12-21-8-15-7-16(9-21)11-22(28,10-15)13-21/h14-17,28H,2-13H2,1H3,(H2,23,24,26,27)/t14-,15-,16+,21?,22?/m0/s1. The van der Waals surface area contributed by atoms with Crippen molar-refractivity contribution in [1.82, 2.24) is 10.6 Å². The molecule has 0 heterocycles. The fraction of sp³-hybridized carbons (Fsp3) is 0.864. The van der Waals surface area contributed by atoms with E-state index in [2.05, 4.69) is 10.6 Å². The van der Waals surface area contributed by atoms with Crippen molar-refractivity contribution >= 4 is 17.9 Å². The van der Waals surface area contributed by atoms with Crippen molar-refractivity contribution in [2.75, 3.05) is 0 Å². The maximum Gasteiger partial charge on any atom is 0.321 e. The van der Waals surface area contributed by atoms with Crippen LogP contribution in [0.2, 0.25) is 0 Å². The largest absolute Gasteiger partial charge is 0.453 e. The number of amides is 3. The molecule has 4 bridgehead atoms. The lowest BCUT2D eigenvalue weighted by Crippen LogP contribution is -2.56. The highest BCUT2D eigenvalue weighted by Gasteiger charge is 2.57. The van der Waals surface area contributed by atoms with E-state index in [9.17, 15) is 19.5 Å². The molecule has 162 valence electrons. The highest BCUT2D eigenvalue weighted by Crippen LogP contribution is 2.62. The molecule has 0 saturated heterocycles. The highest BCUT2D eigenvalue weighted by atomic mass is 16.5. The lowest BCUT2D eigenvalue weighted by Gasteiger charge is -2.60. The zero-order valence-corrected chi connectivity index (χ0v) is 17.4. The zero-order chi connectivity index (χ0) is 20.6. The van der Waals surface area contributed by atoms with Crippen molar-refractivity contribution in [3.8, 4) is 0 Å². The van der Waals surface area contributed by atoms with Crippen LogP contribution < -0.4 is 10.6 Å². The Bertz CT molecular complexity index is 658. The van der Waals surface area contributed by atoms with Crippen molar-refractivity contribution in [2.24, 2.45) is 17.3 Å². The minimum Gasteiger partial charge on any atom is -0.453 e. The van der Waals surface area contributed by atoms with Crippen molar-refractivity contribution in [1.29, 1.82) is 0 Å². The number of ether oxygens (including phenoxy) is 1. The van der Waals surface area contributed by atoms with Crippen LogP contribution in [0.1, 0.15) is 84.0 Å². The van der Waals surface area contributed by atoms with Gasteiger partial charge in [0.15, 0.2) is 6.10 Å². The number of carbonyl (C=O) groups is 3. The third kappa shape index (κ3) is 4.76. The van der Waals surface area contributed by atoms with Gasteiger partial charge in [-0.1, -0.05) is 19.3 Å². The molecule has 2 unspecified atom stereocenters. The summed E-state index contributed by atoms with van der Waals surface area (Å²) in [6.45, 7) is 1.49. The summed E-state index contributed by atoms with van der Waals surface area (Å²) >= 11 is 0. The quantitative estimate of drug-likeness (QED) is 0.609. The fourth-order valence-corrected chi connectivity index (χ4v) is 6.89. The summed E-state index contributed by atoms with van der Waals surface area (Å²) < 4.78 is 5.36. The van der Waals surface area contributed by atoms with Gasteiger partial charge in [-0.05, 0) is 75.5 Å². The van der Waals surface area contributed by atoms with Crippen LogP contribution in [0.25, 0.3) is 0 Å². The molecule has 0 spiro atoms. The number of nitrogens with one attached hydrogen (secondary N) is 2. The van der Waals surface area contributed by atoms with E-state index in [1.807, 2.05) is 0 Å². The van der Waals surface area contributed by atoms with Gasteiger partial charge in [0.05, 0.1) is 12.0 Å². The molecule has 3 N–H and O–H groups in total. The molecule has 0 radical (unpaired) electrons. The highest BCUT2D eigenvalue weighted by molar-refractivity contribution is 5.97. The maximum absolute atomic E-state index is 12.6. The Kier molecular flexibility index (Phi) is 5.62. The number of rotatable bonds is 5. The second kappa shape index (κ2) is 7.89. The smallest absolute Gasteiger partial charge is 0.321 e. The lowest BCUT2D eigenvalue weighted by atomic mass is 9.47. The van der Waals surface area contributed by atoms with E-state index in [1.54, 1.807) is 0 Å². The Labute approximate surface area is 172 Å². The molecule has 5 saturated carbocycles. The maximum atomic E-state index is 12.6. The second-order valence-electron chi connectivity index (χ2n) is 10.3. The molecule has 0 aromatic carbocycles. The summed E-state index contributed by atoms with van der Waals surface area (Å²) in [6.07, 6.45) is 9.92. The number of carbonyl (C=O) groups excluding carboxylic acids is 3. The summed E-state index contributed by atoms with van der Waals surface area (Å²) in [5.74, 6) is -0.0156. The first-order chi connectivity index (χ1) is 13.7. The first kappa shape index (κ1) is 20.6. The van der Waals surface area contributed by atoms with Crippen molar-refractivity contribution < 1.29 is 24.2 Å². The summed E-state index contributed by atoms with van der Waals surface area (Å²) in [5.41, 5.74) is -0.810. The first-order valence-electron chi connectivity index (χ1n) is 11.3. The number of hydrogen-bond donors (Lipinski definition) is 3. The van der Waals surface area contributed by atoms with Gasteiger partial charge in [0.1, 0.15) is 0 Å². The molecule has 5 fully saturated rings. The van der Waals surface area contributed by atoms with Gasteiger partial charge in [0, 0.05) is 6.04 Å². The van der Waals surface area contributed by atoms with Gasteiger partial charge in [-0.25, -0.2) is 4.79 Å². The van der Waals surface area contributed by atoms with Crippen LogP contribution in [-0.2, 0) is 14.3 Å². The van der Waals surface area contributed by atoms with E-state index in [-0.39, 0.29) is 17.9 Å². The third-order valence-electron chi connectivity index (χ3n) is 7.53. The number of aliphatic hydroxyl groups is 1. The molecule has 7 heteroatoms. The number of urea groups is 1. The van der Waals surface area contributed by atoms with E-state index < -0.39 is 29.6 Å². The van der Waals surface area contributed by atoms with Crippen LogP contribution in [-0.4, -0.2) is 40.8 Å². The van der Waals surface area contributed by atoms with Gasteiger partial charge in [0.25, 0.3) is 5.91 Å². The molecule has 3 amide bonds. The molecular formula is C22H34N2O5. The van der Waals surface area contributed by atoms with Crippen molar-refractivity contribution in [2.45, 2.75) is 102 Å². The molecule has 5 aliphatic rings. The number of imide groups is 1. The van der Waals surface area contributed by atoms with E-state index >= 15 is 0 Å². The van der Waals surface area contributed by atoms with Crippen molar-refractivity contribution in [3.63, 3.8) is 0 Å². The molecule has 5 rings (SSSR count). The molecule has 7 nitrogen and oxygen atoms in total. The average molecular weight is 407 g/mol. The van der Waals surface area contributed by atoms with Gasteiger partial charge >= 0.3 is 12.0 Å². The van der Waals surface area contributed by atoms with Gasteiger partial charge < -0.3 is 15.2 Å². The molecule has 0 aromatic heterocycles.